The van der Waals surface area contributed by atoms with Crippen molar-refractivity contribution < 1.29 is 67.8 Å². The van der Waals surface area contributed by atoms with Crippen molar-refractivity contribution in [1.29, 1.82) is 0 Å². The number of hydrogen-bond acceptors (Lipinski definition) is 14. The van der Waals surface area contributed by atoms with Crippen LogP contribution in [0.1, 0.15) is 83.3 Å². The zero-order valence-electron chi connectivity index (χ0n) is 32.8. The molecule has 1 saturated heterocycles. The zero-order chi connectivity index (χ0) is 41.8. The first-order valence-electron chi connectivity index (χ1n) is 18.8. The third-order valence-electron chi connectivity index (χ3n) is 12.5. The maximum atomic E-state index is 15.4. The first kappa shape index (κ1) is 41.7. The third kappa shape index (κ3) is 6.83. The number of nitrogens with one attached hydrogen (secondary N) is 1. The Bertz CT molecular complexity index is 1980. The molecule has 4 N–H and O–H groups in total. The molecule has 2 bridgehead atoms. The maximum absolute atomic E-state index is 15.4. The van der Waals surface area contributed by atoms with E-state index in [1.165, 1.54) is 32.9 Å². The number of benzene rings is 2. The van der Waals surface area contributed by atoms with Crippen LogP contribution in [0, 0.1) is 16.7 Å². The van der Waals surface area contributed by atoms with Crippen molar-refractivity contribution >= 4 is 35.6 Å². The predicted molar refractivity (Wildman–Crippen MR) is 198 cm³/mol. The molecule has 2 aromatic carbocycles. The molecule has 2 aromatic rings. The molecule has 2 saturated carbocycles. The summed E-state index contributed by atoms with van der Waals surface area (Å²) in [5.41, 5.74) is -7.15. The number of ether oxygens (including phenoxy) is 5. The largest absolute Gasteiger partial charge is 0.456 e. The Morgan fingerprint density at radius 3 is 2.05 bits per heavy atom. The molecule has 306 valence electrons. The van der Waals surface area contributed by atoms with E-state index < -0.39 is 113 Å². The Morgan fingerprint density at radius 2 is 1.51 bits per heavy atom. The van der Waals surface area contributed by atoms with E-state index in [9.17, 15) is 39.3 Å². The van der Waals surface area contributed by atoms with Crippen molar-refractivity contribution in [3.8, 4) is 0 Å². The van der Waals surface area contributed by atoms with Crippen molar-refractivity contribution in [2.24, 2.45) is 16.7 Å². The molecule has 6 rings (SSSR count). The van der Waals surface area contributed by atoms with Gasteiger partial charge in [-0.15, -0.1) is 0 Å². The summed E-state index contributed by atoms with van der Waals surface area (Å²) in [4.78, 5) is 81.5. The second kappa shape index (κ2) is 15.1. The lowest BCUT2D eigenvalue weighted by Gasteiger charge is -2.67. The van der Waals surface area contributed by atoms with Crippen LogP contribution >= 0.6 is 0 Å². The van der Waals surface area contributed by atoms with Crippen molar-refractivity contribution in [3.63, 3.8) is 0 Å². The number of carbonyl (C=O) groups is 6. The molecule has 0 spiro atoms. The smallest absolute Gasteiger partial charge is 0.338 e. The number of amides is 1. The first-order chi connectivity index (χ1) is 26.7. The quantitative estimate of drug-likeness (QED) is 0.163. The summed E-state index contributed by atoms with van der Waals surface area (Å²) in [5, 5.41) is 39.5. The van der Waals surface area contributed by atoms with Gasteiger partial charge >= 0.3 is 23.9 Å². The van der Waals surface area contributed by atoms with Gasteiger partial charge in [-0.2, -0.15) is 0 Å². The first-order valence-corrected chi connectivity index (χ1v) is 18.8. The molecular weight excluding hydrogens is 742 g/mol. The fourth-order valence-electron chi connectivity index (χ4n) is 9.59. The van der Waals surface area contributed by atoms with Crippen LogP contribution in [-0.2, 0) is 47.7 Å². The highest BCUT2D eigenvalue weighted by molar-refractivity contribution is 5.95. The number of hydrogen-bond donors (Lipinski definition) is 4. The van der Waals surface area contributed by atoms with Gasteiger partial charge in [0.2, 0.25) is 5.91 Å². The van der Waals surface area contributed by atoms with Crippen molar-refractivity contribution in [3.05, 3.63) is 82.9 Å². The molecular formula is C42H49NO14. The summed E-state index contributed by atoms with van der Waals surface area (Å²) in [5.74, 6) is -6.74. The summed E-state index contributed by atoms with van der Waals surface area (Å²) in [6, 6.07) is 14.8. The molecule has 15 nitrogen and oxygen atoms in total. The van der Waals surface area contributed by atoms with Gasteiger partial charge in [0.05, 0.1) is 35.6 Å². The van der Waals surface area contributed by atoms with Crippen LogP contribution in [0.3, 0.4) is 0 Å². The van der Waals surface area contributed by atoms with E-state index in [2.05, 4.69) is 5.32 Å². The number of ketones is 1. The normalized spacial score (nSPS) is 33.7. The van der Waals surface area contributed by atoms with E-state index in [-0.39, 0.29) is 29.7 Å². The average molecular weight is 792 g/mol. The van der Waals surface area contributed by atoms with Gasteiger partial charge in [0.25, 0.3) is 0 Å². The molecule has 1 amide bonds. The lowest BCUT2D eigenvalue weighted by molar-refractivity contribution is -0.346. The summed E-state index contributed by atoms with van der Waals surface area (Å²) < 4.78 is 30.0. The number of carbonyl (C=O) groups excluding carboxylic acids is 6. The van der Waals surface area contributed by atoms with Crippen LogP contribution in [0.4, 0.5) is 0 Å². The standard InChI is InChI=1S/C42H49NO14/c1-21-27(55-38(51)32(48)31(43-22(2)44)25-14-10-8-11-15-25)19-42(52)36(56-37(50)26-16-12-9-13-17-26)34-40(7,28(47)18-29-41(34,20-53-29)57-24(4)46)35(49)33(54-23(3)45)30(21)39(42,5)6/h8-17,27-29,31-34,36,47-48,52H,18-20H2,1-7H3,(H,43,44)/t27?,28?,29?,31?,32?,33?,34?,36?,40-,41?,42?/m1/s1. The molecule has 0 aromatic heterocycles. The molecule has 11 atom stereocenters. The Labute approximate surface area is 329 Å². The molecule has 1 aliphatic heterocycles. The van der Waals surface area contributed by atoms with Crippen LogP contribution in [0.15, 0.2) is 71.8 Å². The highest BCUT2D eigenvalue weighted by Gasteiger charge is 2.78. The minimum absolute atomic E-state index is 0.00589. The van der Waals surface area contributed by atoms with Gasteiger partial charge in [0, 0.05) is 39.0 Å². The SMILES string of the molecule is CC(=O)NC(c1ccccc1)C(O)C(=O)OC1CC2(O)C(OC(=O)c3ccccc3)C3C4(OC(C)=O)COC4CC(O)[C@@]3(C)C(=O)C(OC(C)=O)C(=C1C)C2(C)C. The van der Waals surface area contributed by atoms with Gasteiger partial charge in [0.1, 0.15) is 23.9 Å². The second-order valence-corrected chi connectivity index (χ2v) is 16.2. The predicted octanol–water partition coefficient (Wildman–Crippen LogP) is 2.44. The Morgan fingerprint density at radius 1 is 0.895 bits per heavy atom. The number of aliphatic hydroxyl groups is 3. The van der Waals surface area contributed by atoms with Crippen LogP contribution in [0.2, 0.25) is 0 Å². The molecule has 1 heterocycles. The number of esters is 4. The maximum Gasteiger partial charge on any atom is 0.338 e. The Balaban J connectivity index is 1.57. The van der Waals surface area contributed by atoms with Gasteiger partial charge in [-0.05, 0) is 42.7 Å². The van der Waals surface area contributed by atoms with Gasteiger partial charge in [-0.3, -0.25) is 19.2 Å². The average Bonchev–Trinajstić information content (AvgIpc) is 3.15. The summed E-state index contributed by atoms with van der Waals surface area (Å²) in [7, 11) is 0. The minimum Gasteiger partial charge on any atom is -0.456 e. The van der Waals surface area contributed by atoms with Crippen molar-refractivity contribution in [1.82, 2.24) is 5.32 Å². The van der Waals surface area contributed by atoms with Crippen molar-refractivity contribution in [2.75, 3.05) is 6.61 Å². The molecule has 57 heavy (non-hydrogen) atoms. The topological polar surface area (TPSA) is 221 Å². The molecule has 4 aliphatic rings. The van der Waals surface area contributed by atoms with E-state index >= 15 is 4.79 Å². The second-order valence-electron chi connectivity index (χ2n) is 16.2. The highest BCUT2D eigenvalue weighted by atomic mass is 16.6. The Kier molecular flexibility index (Phi) is 11.0. The fourth-order valence-corrected chi connectivity index (χ4v) is 9.59. The van der Waals surface area contributed by atoms with Gasteiger partial charge in [-0.1, -0.05) is 62.4 Å². The number of rotatable bonds is 9. The van der Waals surface area contributed by atoms with Crippen LogP contribution < -0.4 is 5.32 Å². The van der Waals surface area contributed by atoms with Crippen LogP contribution in [-0.4, -0.2) is 105 Å². The summed E-state index contributed by atoms with van der Waals surface area (Å²) in [6.07, 6.45) is -10.3. The third-order valence-corrected chi connectivity index (χ3v) is 12.5. The fraction of sp³-hybridized carbons (Fsp3) is 0.524. The van der Waals surface area contributed by atoms with E-state index in [0.717, 1.165) is 13.8 Å². The highest BCUT2D eigenvalue weighted by Crippen LogP contribution is 2.64. The van der Waals surface area contributed by atoms with E-state index in [1.54, 1.807) is 62.4 Å². The lowest BCUT2D eigenvalue weighted by Crippen LogP contribution is -2.82. The molecule has 0 radical (unpaired) electrons. The number of Topliss-reactive ketones (excluding diaryl/α,β-unsaturated/α-hetero) is 1. The molecule has 3 aliphatic carbocycles. The van der Waals surface area contributed by atoms with Crippen LogP contribution in [0.25, 0.3) is 0 Å². The van der Waals surface area contributed by atoms with Gasteiger partial charge in [0.15, 0.2) is 23.6 Å². The van der Waals surface area contributed by atoms with E-state index in [0.29, 0.717) is 5.56 Å². The zero-order valence-corrected chi connectivity index (χ0v) is 32.8. The molecule has 15 heteroatoms. The number of fused-ring (bicyclic) bond motifs is 5. The molecule has 10 unspecified atom stereocenters. The van der Waals surface area contributed by atoms with Gasteiger partial charge in [-0.25, -0.2) is 9.59 Å². The number of aliphatic hydroxyl groups excluding tert-OH is 2. The van der Waals surface area contributed by atoms with Crippen LogP contribution in [0.5, 0.6) is 0 Å². The van der Waals surface area contributed by atoms with Crippen molar-refractivity contribution in [2.45, 2.75) is 115 Å². The minimum atomic E-state index is -2.37. The van der Waals surface area contributed by atoms with Gasteiger partial charge < -0.3 is 44.3 Å². The lowest BCUT2D eigenvalue weighted by atomic mass is 9.44. The summed E-state index contributed by atoms with van der Waals surface area (Å²) >= 11 is 0. The Hall–Kier alpha value is -4.96. The summed E-state index contributed by atoms with van der Waals surface area (Å²) in [6.45, 7) is 9.19. The van der Waals surface area contributed by atoms with E-state index in [4.69, 9.17) is 23.7 Å². The molecule has 3 fully saturated rings. The van der Waals surface area contributed by atoms with E-state index in [1.807, 2.05) is 0 Å². The monoisotopic (exact) mass is 791 g/mol.